The topological polar surface area (TPSA) is 55.1 Å². The summed E-state index contributed by atoms with van der Waals surface area (Å²) >= 11 is 0. The summed E-state index contributed by atoms with van der Waals surface area (Å²) < 4.78 is 2.32. The van der Waals surface area contributed by atoms with Gasteiger partial charge in [0.05, 0.1) is 17.5 Å². The first kappa shape index (κ1) is 17.0. The molecule has 1 aromatic carbocycles. The average molecular weight is 328 g/mol. The van der Waals surface area contributed by atoms with Crippen molar-refractivity contribution in [3.8, 4) is 0 Å². The lowest BCUT2D eigenvalue weighted by Gasteiger charge is -2.21. The number of carbonyl (C=O) groups is 1. The molecule has 3 rings (SSSR count). The number of hydrogen-bond donors (Lipinski definition) is 1. The predicted octanol–water partition coefficient (Wildman–Crippen LogP) is 4.76. The molecule has 0 spiro atoms. The predicted molar refractivity (Wildman–Crippen MR) is 96.4 cm³/mol. The van der Waals surface area contributed by atoms with Gasteiger partial charge in [0.1, 0.15) is 5.82 Å². The van der Waals surface area contributed by atoms with Crippen LogP contribution in [-0.4, -0.2) is 20.6 Å². The monoisotopic (exact) mass is 328 g/mol. The molecule has 0 aliphatic heterocycles. The Morgan fingerprint density at radius 1 is 1.29 bits per heavy atom. The van der Waals surface area contributed by atoms with Crippen molar-refractivity contribution >= 4 is 17.0 Å². The standard InChI is InChI=1S/C20H28N2O2/c1-14(2)22-18-10-8-16(13-20(23)24)12-17(18)21-19(22)11-9-15-6-4-3-5-7-15/h8,10,12,14-15H,3-7,9,11,13H2,1-2H3,(H,23,24). The first-order valence-corrected chi connectivity index (χ1v) is 9.26. The fourth-order valence-corrected chi connectivity index (χ4v) is 4.04. The molecule has 1 saturated carbocycles. The zero-order valence-corrected chi connectivity index (χ0v) is 14.8. The Bertz CT molecular complexity index is 712. The van der Waals surface area contributed by atoms with Crippen LogP contribution >= 0.6 is 0 Å². The maximum absolute atomic E-state index is 10.9. The van der Waals surface area contributed by atoms with E-state index in [0.717, 1.165) is 34.8 Å². The highest BCUT2D eigenvalue weighted by Crippen LogP contribution is 2.29. The lowest BCUT2D eigenvalue weighted by molar-refractivity contribution is -0.136. The van der Waals surface area contributed by atoms with Crippen molar-refractivity contribution in [2.75, 3.05) is 0 Å². The third-order valence-electron chi connectivity index (χ3n) is 5.20. The van der Waals surface area contributed by atoms with E-state index in [-0.39, 0.29) is 6.42 Å². The number of carboxylic acid groups (broad SMARTS) is 1. The lowest BCUT2D eigenvalue weighted by atomic mass is 9.86. The molecule has 0 atom stereocenters. The number of rotatable bonds is 6. The summed E-state index contributed by atoms with van der Waals surface area (Å²) in [4.78, 5) is 15.8. The van der Waals surface area contributed by atoms with Gasteiger partial charge in [-0.15, -0.1) is 0 Å². The largest absolute Gasteiger partial charge is 0.481 e. The van der Waals surface area contributed by atoms with Gasteiger partial charge in [0, 0.05) is 12.5 Å². The van der Waals surface area contributed by atoms with Crippen molar-refractivity contribution in [3.05, 3.63) is 29.6 Å². The Kier molecular flexibility index (Phi) is 5.22. The molecule has 4 nitrogen and oxygen atoms in total. The van der Waals surface area contributed by atoms with E-state index in [2.05, 4.69) is 18.4 Å². The second-order valence-corrected chi connectivity index (χ2v) is 7.43. The zero-order valence-electron chi connectivity index (χ0n) is 14.8. The third kappa shape index (κ3) is 3.80. The quantitative estimate of drug-likeness (QED) is 0.832. The number of benzene rings is 1. The van der Waals surface area contributed by atoms with E-state index in [1.165, 1.54) is 38.5 Å². The smallest absolute Gasteiger partial charge is 0.307 e. The summed E-state index contributed by atoms with van der Waals surface area (Å²) in [5.41, 5.74) is 2.88. The number of aliphatic carboxylic acids is 1. The van der Waals surface area contributed by atoms with Gasteiger partial charge in [0.25, 0.3) is 0 Å². The minimum Gasteiger partial charge on any atom is -0.481 e. The lowest BCUT2D eigenvalue weighted by Crippen LogP contribution is -2.11. The van der Waals surface area contributed by atoms with Gasteiger partial charge in [-0.25, -0.2) is 4.98 Å². The molecule has 0 amide bonds. The fraction of sp³-hybridized carbons (Fsp3) is 0.600. The molecule has 1 N–H and O–H groups in total. The number of nitrogens with zero attached hydrogens (tertiary/aromatic N) is 2. The molecule has 24 heavy (non-hydrogen) atoms. The molecule has 0 saturated heterocycles. The molecule has 1 aliphatic rings. The number of fused-ring (bicyclic) bond motifs is 1. The van der Waals surface area contributed by atoms with Crippen molar-refractivity contribution in [1.82, 2.24) is 9.55 Å². The number of imidazole rings is 1. The summed E-state index contributed by atoms with van der Waals surface area (Å²) in [6, 6.07) is 6.25. The van der Waals surface area contributed by atoms with Gasteiger partial charge < -0.3 is 9.67 Å². The van der Waals surface area contributed by atoms with E-state index in [9.17, 15) is 4.79 Å². The van der Waals surface area contributed by atoms with Crippen LogP contribution in [0.25, 0.3) is 11.0 Å². The van der Waals surface area contributed by atoms with Crippen LogP contribution < -0.4 is 0 Å². The first-order valence-electron chi connectivity index (χ1n) is 9.26. The van der Waals surface area contributed by atoms with Crippen LogP contribution in [0.2, 0.25) is 0 Å². The van der Waals surface area contributed by atoms with Gasteiger partial charge in [-0.1, -0.05) is 38.2 Å². The SMILES string of the molecule is CC(C)n1c(CCC2CCCCC2)nc2cc(CC(=O)O)ccc21. The molecule has 0 unspecified atom stereocenters. The van der Waals surface area contributed by atoms with Gasteiger partial charge in [-0.2, -0.15) is 0 Å². The van der Waals surface area contributed by atoms with Crippen molar-refractivity contribution in [1.29, 1.82) is 0 Å². The number of aromatic nitrogens is 2. The van der Waals surface area contributed by atoms with Crippen LogP contribution in [0.4, 0.5) is 0 Å². The highest BCUT2D eigenvalue weighted by atomic mass is 16.4. The summed E-state index contributed by atoms with van der Waals surface area (Å²) in [6.07, 6.45) is 9.18. The normalized spacial score (nSPS) is 16.1. The minimum atomic E-state index is -0.796. The summed E-state index contributed by atoms with van der Waals surface area (Å²) in [6.45, 7) is 4.38. The highest BCUT2D eigenvalue weighted by Gasteiger charge is 2.18. The van der Waals surface area contributed by atoms with Crippen LogP contribution in [0.1, 0.15) is 69.8 Å². The molecular formula is C20H28N2O2. The molecule has 1 fully saturated rings. The van der Waals surface area contributed by atoms with Gasteiger partial charge >= 0.3 is 5.97 Å². The van der Waals surface area contributed by atoms with E-state index < -0.39 is 5.97 Å². The van der Waals surface area contributed by atoms with Crippen molar-refractivity contribution in [3.63, 3.8) is 0 Å². The van der Waals surface area contributed by atoms with Crippen molar-refractivity contribution < 1.29 is 9.90 Å². The van der Waals surface area contributed by atoms with Crippen LogP contribution in [0.3, 0.4) is 0 Å². The van der Waals surface area contributed by atoms with Crippen LogP contribution in [0, 0.1) is 5.92 Å². The first-order chi connectivity index (χ1) is 11.5. The Morgan fingerprint density at radius 3 is 2.71 bits per heavy atom. The molecule has 130 valence electrons. The van der Waals surface area contributed by atoms with E-state index >= 15 is 0 Å². The Labute approximate surface area is 143 Å². The molecular weight excluding hydrogens is 300 g/mol. The van der Waals surface area contributed by atoms with Gasteiger partial charge in [-0.05, 0) is 43.9 Å². The summed E-state index contributed by atoms with van der Waals surface area (Å²) in [7, 11) is 0. The second-order valence-electron chi connectivity index (χ2n) is 7.43. The average Bonchev–Trinajstić information content (AvgIpc) is 2.91. The highest BCUT2D eigenvalue weighted by molar-refractivity contribution is 5.79. The summed E-state index contributed by atoms with van der Waals surface area (Å²) in [5, 5.41) is 8.99. The van der Waals surface area contributed by atoms with Gasteiger partial charge in [0.2, 0.25) is 0 Å². The van der Waals surface area contributed by atoms with E-state index in [1.54, 1.807) is 0 Å². The van der Waals surface area contributed by atoms with E-state index in [0.29, 0.717) is 6.04 Å². The van der Waals surface area contributed by atoms with E-state index in [4.69, 9.17) is 10.1 Å². The van der Waals surface area contributed by atoms with Gasteiger partial charge in [-0.3, -0.25) is 4.79 Å². The number of aryl methyl sites for hydroxylation is 1. The van der Waals surface area contributed by atoms with Crippen molar-refractivity contribution in [2.24, 2.45) is 5.92 Å². The maximum Gasteiger partial charge on any atom is 0.307 e. The Hall–Kier alpha value is -1.84. The number of hydrogen-bond acceptors (Lipinski definition) is 2. The molecule has 1 aliphatic carbocycles. The van der Waals surface area contributed by atoms with Crippen LogP contribution in [0.5, 0.6) is 0 Å². The van der Waals surface area contributed by atoms with Crippen LogP contribution in [-0.2, 0) is 17.6 Å². The molecule has 0 bridgehead atoms. The molecule has 0 radical (unpaired) electrons. The third-order valence-corrected chi connectivity index (χ3v) is 5.20. The van der Waals surface area contributed by atoms with Gasteiger partial charge in [0.15, 0.2) is 0 Å². The second kappa shape index (κ2) is 7.37. The molecule has 1 aromatic heterocycles. The Morgan fingerprint density at radius 2 is 2.04 bits per heavy atom. The minimum absolute atomic E-state index is 0.0574. The van der Waals surface area contributed by atoms with Crippen LogP contribution in [0.15, 0.2) is 18.2 Å². The van der Waals surface area contributed by atoms with E-state index in [1.807, 2.05) is 18.2 Å². The Balaban J connectivity index is 1.84. The fourth-order valence-electron chi connectivity index (χ4n) is 4.04. The zero-order chi connectivity index (χ0) is 17.1. The maximum atomic E-state index is 10.9. The van der Waals surface area contributed by atoms with Crippen molar-refractivity contribution in [2.45, 2.75) is 71.3 Å². The molecule has 2 aromatic rings. The summed E-state index contributed by atoms with van der Waals surface area (Å²) in [5.74, 6) is 1.20. The number of carboxylic acids is 1. The molecule has 4 heteroatoms. The molecule has 1 heterocycles.